The lowest BCUT2D eigenvalue weighted by Crippen LogP contribution is -2.34. The zero-order chi connectivity index (χ0) is 27.9. The Kier molecular flexibility index (Phi) is 8.91. The van der Waals surface area contributed by atoms with Crippen molar-refractivity contribution < 1.29 is 4.74 Å². The van der Waals surface area contributed by atoms with Gasteiger partial charge in [-0.2, -0.15) is 20.1 Å². The summed E-state index contributed by atoms with van der Waals surface area (Å²) in [5, 5.41) is 7.86. The van der Waals surface area contributed by atoms with Crippen LogP contribution in [-0.2, 0) is 6.61 Å². The molecule has 8 nitrogen and oxygen atoms in total. The molecule has 1 fully saturated rings. The molecule has 0 amide bonds. The van der Waals surface area contributed by atoms with E-state index in [-0.39, 0.29) is 0 Å². The van der Waals surface area contributed by atoms with Crippen LogP contribution in [0.3, 0.4) is 0 Å². The number of piperidine rings is 1. The van der Waals surface area contributed by atoms with Gasteiger partial charge in [-0.25, -0.2) is 5.43 Å². The van der Waals surface area contributed by atoms with Crippen LogP contribution in [0.15, 0.2) is 76.3 Å². The van der Waals surface area contributed by atoms with Gasteiger partial charge in [-0.05, 0) is 73.6 Å². The summed E-state index contributed by atoms with van der Waals surface area (Å²) in [6, 6.07) is 22.1. The highest BCUT2D eigenvalue weighted by atomic mass is 79.9. The zero-order valence-corrected chi connectivity index (χ0v) is 24.6. The van der Waals surface area contributed by atoms with E-state index in [1.165, 1.54) is 5.56 Å². The second-order valence-electron chi connectivity index (χ2n) is 10.2. The van der Waals surface area contributed by atoms with Crippen LogP contribution < -0.4 is 20.4 Å². The van der Waals surface area contributed by atoms with E-state index in [0.29, 0.717) is 30.4 Å². The first-order valence-corrected chi connectivity index (χ1v) is 14.3. The molecule has 0 spiro atoms. The van der Waals surface area contributed by atoms with Crippen LogP contribution in [0.25, 0.3) is 0 Å². The lowest BCUT2D eigenvalue weighted by atomic mass is 10.00. The quantitative estimate of drug-likeness (QED) is 0.155. The first-order chi connectivity index (χ1) is 19.4. The number of benzene rings is 3. The molecule has 0 aliphatic carbocycles. The predicted octanol–water partition coefficient (Wildman–Crippen LogP) is 7.26. The van der Waals surface area contributed by atoms with Gasteiger partial charge in [0.15, 0.2) is 0 Å². The maximum Gasteiger partial charge on any atom is 0.250 e. The summed E-state index contributed by atoms with van der Waals surface area (Å²) in [4.78, 5) is 16.3. The minimum Gasteiger partial charge on any atom is -0.488 e. The summed E-state index contributed by atoms with van der Waals surface area (Å²) >= 11 is 3.55. The highest BCUT2D eigenvalue weighted by Gasteiger charge is 2.20. The molecular weight excluding hydrogens is 566 g/mol. The Balaban J connectivity index is 1.37. The SMILES string of the molecule is Cc1cccc(Nc2nc(N/N=C\c3cc(Br)ccc3OCc3ccccc3)nc(N3CCC(C)CC3)n2)c1C. The molecule has 1 aliphatic rings. The summed E-state index contributed by atoms with van der Waals surface area (Å²) in [5.41, 5.74) is 8.27. The fourth-order valence-electron chi connectivity index (χ4n) is 4.47. The smallest absolute Gasteiger partial charge is 0.250 e. The summed E-state index contributed by atoms with van der Waals surface area (Å²) in [5.74, 6) is 2.92. The van der Waals surface area contributed by atoms with Crippen molar-refractivity contribution in [1.82, 2.24) is 15.0 Å². The van der Waals surface area contributed by atoms with Gasteiger partial charge in [0.25, 0.3) is 0 Å². The van der Waals surface area contributed by atoms with Gasteiger partial charge in [0.05, 0.1) is 6.21 Å². The first kappa shape index (κ1) is 27.6. The molecular formula is C31H34BrN7O. The topological polar surface area (TPSA) is 87.6 Å². The number of nitrogens with one attached hydrogen (secondary N) is 2. The van der Waals surface area contributed by atoms with E-state index in [1.54, 1.807) is 6.21 Å². The standard InChI is InChI=1S/C31H34BrN7O/c1-21-14-16-39(17-15-21)31-36-29(34-27-11-7-8-22(2)23(27)3)35-30(37-31)38-33-19-25-18-26(32)12-13-28(25)40-20-24-9-5-4-6-10-24/h4-13,18-19,21H,14-17,20H2,1-3H3,(H2,34,35,36,37,38)/b33-19-. The number of aromatic nitrogens is 3. The number of halogens is 1. The average molecular weight is 601 g/mol. The summed E-state index contributed by atoms with van der Waals surface area (Å²) in [6.07, 6.45) is 3.94. The van der Waals surface area contributed by atoms with E-state index in [2.05, 4.69) is 68.5 Å². The molecule has 1 aliphatic heterocycles. The van der Waals surface area contributed by atoms with Gasteiger partial charge < -0.3 is 15.0 Å². The number of rotatable bonds is 9. The molecule has 0 saturated carbocycles. The molecule has 5 rings (SSSR count). The summed E-state index contributed by atoms with van der Waals surface area (Å²) in [7, 11) is 0. The fraction of sp³-hybridized carbons (Fsp3) is 0.290. The molecule has 2 N–H and O–H groups in total. The maximum absolute atomic E-state index is 6.10. The van der Waals surface area contributed by atoms with E-state index < -0.39 is 0 Å². The molecule has 0 atom stereocenters. The van der Waals surface area contributed by atoms with Gasteiger partial charge in [-0.15, -0.1) is 0 Å². The monoisotopic (exact) mass is 599 g/mol. The van der Waals surface area contributed by atoms with Crippen molar-refractivity contribution >= 4 is 45.7 Å². The number of ether oxygens (including phenoxy) is 1. The Morgan fingerprint density at radius 3 is 2.55 bits per heavy atom. The third-order valence-electron chi connectivity index (χ3n) is 7.12. The molecule has 0 radical (unpaired) electrons. The minimum atomic E-state index is 0.370. The van der Waals surface area contributed by atoms with Crippen LogP contribution >= 0.6 is 15.9 Å². The molecule has 9 heteroatoms. The summed E-state index contributed by atoms with van der Waals surface area (Å²) < 4.78 is 7.03. The van der Waals surface area contributed by atoms with Crippen molar-refractivity contribution in [3.63, 3.8) is 0 Å². The van der Waals surface area contributed by atoms with Crippen LogP contribution in [0.2, 0.25) is 0 Å². The van der Waals surface area contributed by atoms with E-state index in [0.717, 1.165) is 58.5 Å². The lowest BCUT2D eigenvalue weighted by Gasteiger charge is -2.30. The lowest BCUT2D eigenvalue weighted by molar-refractivity contribution is 0.306. The van der Waals surface area contributed by atoms with Crippen molar-refractivity contribution in [2.45, 2.75) is 40.2 Å². The Morgan fingerprint density at radius 2 is 1.75 bits per heavy atom. The molecule has 0 bridgehead atoms. The Morgan fingerprint density at radius 1 is 0.975 bits per heavy atom. The van der Waals surface area contributed by atoms with E-state index in [9.17, 15) is 0 Å². The largest absolute Gasteiger partial charge is 0.488 e. The van der Waals surface area contributed by atoms with Crippen molar-refractivity contribution in [3.8, 4) is 5.75 Å². The number of nitrogens with zero attached hydrogens (tertiary/aromatic N) is 5. The third-order valence-corrected chi connectivity index (χ3v) is 7.61. The molecule has 2 heterocycles. The fourth-order valence-corrected chi connectivity index (χ4v) is 4.85. The predicted molar refractivity (Wildman–Crippen MR) is 166 cm³/mol. The highest BCUT2D eigenvalue weighted by molar-refractivity contribution is 9.10. The van der Waals surface area contributed by atoms with Gasteiger partial charge in [-0.1, -0.05) is 65.3 Å². The van der Waals surface area contributed by atoms with Crippen LogP contribution in [0.1, 0.15) is 42.0 Å². The number of hydrogen-bond donors (Lipinski definition) is 2. The molecule has 4 aromatic rings. The molecule has 1 aromatic heterocycles. The molecule has 206 valence electrons. The van der Waals surface area contributed by atoms with Crippen molar-refractivity contribution in [3.05, 3.63) is 93.5 Å². The van der Waals surface area contributed by atoms with Crippen molar-refractivity contribution in [2.24, 2.45) is 11.0 Å². The number of aryl methyl sites for hydroxylation is 1. The normalized spacial score (nSPS) is 13.9. The van der Waals surface area contributed by atoms with Gasteiger partial charge in [0.2, 0.25) is 17.8 Å². The third kappa shape index (κ3) is 7.15. The second-order valence-corrected chi connectivity index (χ2v) is 11.1. The highest BCUT2D eigenvalue weighted by Crippen LogP contribution is 2.26. The van der Waals surface area contributed by atoms with E-state index in [4.69, 9.17) is 14.7 Å². The van der Waals surface area contributed by atoms with Gasteiger partial charge in [-0.3, -0.25) is 0 Å². The Hall–Kier alpha value is -3.98. The maximum atomic E-state index is 6.10. The van der Waals surface area contributed by atoms with Crippen LogP contribution in [-0.4, -0.2) is 34.3 Å². The number of hydrazone groups is 1. The van der Waals surface area contributed by atoms with Gasteiger partial charge in [0, 0.05) is 28.8 Å². The van der Waals surface area contributed by atoms with Crippen LogP contribution in [0.5, 0.6) is 5.75 Å². The molecule has 3 aromatic carbocycles. The second kappa shape index (κ2) is 12.9. The zero-order valence-electron chi connectivity index (χ0n) is 23.1. The number of anilines is 4. The molecule has 1 saturated heterocycles. The molecule has 0 unspecified atom stereocenters. The molecule has 40 heavy (non-hydrogen) atoms. The minimum absolute atomic E-state index is 0.370. The van der Waals surface area contributed by atoms with Crippen LogP contribution in [0.4, 0.5) is 23.5 Å². The Bertz CT molecular complexity index is 1470. The average Bonchev–Trinajstić information content (AvgIpc) is 2.96. The number of hydrogen-bond acceptors (Lipinski definition) is 8. The van der Waals surface area contributed by atoms with Gasteiger partial charge >= 0.3 is 0 Å². The van der Waals surface area contributed by atoms with Gasteiger partial charge in [0.1, 0.15) is 12.4 Å². The van der Waals surface area contributed by atoms with E-state index >= 15 is 0 Å². The summed E-state index contributed by atoms with van der Waals surface area (Å²) in [6.45, 7) is 8.77. The van der Waals surface area contributed by atoms with Crippen molar-refractivity contribution in [2.75, 3.05) is 28.7 Å². The first-order valence-electron chi connectivity index (χ1n) is 13.5. The van der Waals surface area contributed by atoms with Crippen molar-refractivity contribution in [1.29, 1.82) is 0 Å². The van der Waals surface area contributed by atoms with Crippen LogP contribution in [0, 0.1) is 19.8 Å². The van der Waals surface area contributed by atoms with E-state index in [1.807, 2.05) is 60.7 Å². The Labute approximate surface area is 244 Å².